The van der Waals surface area contributed by atoms with Gasteiger partial charge in [-0.1, -0.05) is 31.5 Å². The molecule has 3 unspecified atom stereocenters. The molecule has 1 aliphatic carbocycles. The summed E-state index contributed by atoms with van der Waals surface area (Å²) in [4.78, 5) is 33.1. The number of amides is 2. The summed E-state index contributed by atoms with van der Waals surface area (Å²) in [6.07, 6.45) is 3.74. The van der Waals surface area contributed by atoms with Gasteiger partial charge in [-0.2, -0.15) is 0 Å². The second-order valence-corrected chi connectivity index (χ2v) is 11.4. The van der Waals surface area contributed by atoms with Crippen LogP contribution in [0, 0.1) is 11.8 Å². The largest absolute Gasteiger partial charge is 0.487 e. The first kappa shape index (κ1) is 26.7. The normalized spacial score (nSPS) is 26.9. The number of carbonyl (C=O) groups is 2. The minimum Gasteiger partial charge on any atom is -0.487 e. The smallest absolute Gasteiger partial charge is 0.231 e. The molecule has 3 aliphatic rings. The fraction of sp³-hybridized carbons (Fsp3) is 0.667. The Morgan fingerprint density at radius 3 is 2.72 bits per heavy atom. The van der Waals surface area contributed by atoms with Crippen LogP contribution in [-0.4, -0.2) is 53.6 Å². The van der Waals surface area contributed by atoms with E-state index in [-0.39, 0.29) is 41.7 Å². The highest BCUT2D eigenvalue weighted by Gasteiger charge is 2.53. The molecule has 1 aromatic rings. The van der Waals surface area contributed by atoms with E-state index < -0.39 is 11.1 Å². The van der Waals surface area contributed by atoms with Gasteiger partial charge in [-0.05, 0) is 57.6 Å². The maximum atomic E-state index is 13.4. The molecule has 198 valence electrons. The number of ether oxygens (including phenoxy) is 2. The minimum absolute atomic E-state index is 0.00725. The first-order valence-electron chi connectivity index (χ1n) is 13.0. The first-order valence-corrected chi connectivity index (χ1v) is 13.4. The third-order valence-electron chi connectivity index (χ3n) is 8.04. The standard InChI is InChI=1S/C27H39ClN4O4/c1-6-27(7-2)15-22(33)32(25(29)31-27)20(11-12-35-5)16-13-17(16)24(34)30-19-14-26(3,4)36-21-10-8-9-18(28)23(19)21/h8-10,16-17,19-20H,6-7,11-15H2,1-5H3,(H2,29,31)(H,30,34)/t16?,17?,19?,20-/m1/s1. The number of aliphatic imine (C=N–C) groups is 1. The number of halogens is 1. The average molecular weight is 519 g/mol. The minimum atomic E-state index is -0.438. The van der Waals surface area contributed by atoms with Gasteiger partial charge in [-0.25, -0.2) is 4.99 Å². The summed E-state index contributed by atoms with van der Waals surface area (Å²) in [5, 5.41) is 3.81. The van der Waals surface area contributed by atoms with Crippen LogP contribution in [0.5, 0.6) is 5.75 Å². The average Bonchev–Trinajstić information content (AvgIpc) is 3.60. The van der Waals surface area contributed by atoms with E-state index in [1.165, 1.54) is 0 Å². The molecule has 1 aromatic carbocycles. The van der Waals surface area contributed by atoms with Crippen LogP contribution in [0.4, 0.5) is 0 Å². The highest BCUT2D eigenvalue weighted by Crippen LogP contribution is 2.48. The quantitative estimate of drug-likeness (QED) is 0.509. The number of benzene rings is 1. The Kier molecular flexibility index (Phi) is 7.58. The predicted molar refractivity (Wildman–Crippen MR) is 140 cm³/mol. The zero-order valence-corrected chi connectivity index (χ0v) is 22.7. The molecule has 4 rings (SSSR count). The number of fused-ring (bicyclic) bond motifs is 1. The number of nitrogens with zero attached hydrogens (tertiary/aromatic N) is 2. The highest BCUT2D eigenvalue weighted by atomic mass is 35.5. The van der Waals surface area contributed by atoms with Crippen LogP contribution in [0.25, 0.3) is 0 Å². The molecule has 9 heteroatoms. The lowest BCUT2D eigenvalue weighted by Gasteiger charge is -2.40. The number of carbonyl (C=O) groups excluding carboxylic acids is 2. The molecule has 36 heavy (non-hydrogen) atoms. The third kappa shape index (κ3) is 5.21. The van der Waals surface area contributed by atoms with Gasteiger partial charge in [0.25, 0.3) is 0 Å². The van der Waals surface area contributed by atoms with Gasteiger partial charge in [0.05, 0.1) is 18.0 Å². The van der Waals surface area contributed by atoms with E-state index in [1.807, 2.05) is 45.9 Å². The van der Waals surface area contributed by atoms with Crippen molar-refractivity contribution in [3.8, 4) is 5.75 Å². The van der Waals surface area contributed by atoms with Crippen molar-refractivity contribution in [3.05, 3.63) is 28.8 Å². The van der Waals surface area contributed by atoms with Crippen LogP contribution in [0.15, 0.2) is 23.2 Å². The van der Waals surface area contributed by atoms with Crippen molar-refractivity contribution in [2.75, 3.05) is 13.7 Å². The van der Waals surface area contributed by atoms with Crippen LogP contribution in [-0.2, 0) is 14.3 Å². The van der Waals surface area contributed by atoms with Gasteiger partial charge in [0.2, 0.25) is 11.8 Å². The lowest BCUT2D eigenvalue weighted by molar-refractivity contribution is -0.133. The third-order valence-corrected chi connectivity index (χ3v) is 8.37. The Labute approximate surface area is 218 Å². The Morgan fingerprint density at radius 1 is 1.36 bits per heavy atom. The predicted octanol–water partition coefficient (Wildman–Crippen LogP) is 4.21. The zero-order chi connectivity index (χ0) is 26.3. The molecule has 2 amide bonds. The second-order valence-electron chi connectivity index (χ2n) is 11.0. The number of guanidine groups is 1. The molecule has 2 heterocycles. The van der Waals surface area contributed by atoms with Crippen LogP contribution in [0.2, 0.25) is 5.02 Å². The summed E-state index contributed by atoms with van der Waals surface area (Å²) in [5.74, 6) is 0.680. The fourth-order valence-electron chi connectivity index (χ4n) is 5.84. The molecule has 4 atom stereocenters. The molecule has 3 N–H and O–H groups in total. The molecule has 0 radical (unpaired) electrons. The van der Waals surface area contributed by atoms with E-state index in [1.54, 1.807) is 12.0 Å². The van der Waals surface area contributed by atoms with Gasteiger partial charge >= 0.3 is 0 Å². The fourth-order valence-corrected chi connectivity index (χ4v) is 6.14. The molecule has 0 aromatic heterocycles. The van der Waals surface area contributed by atoms with E-state index in [2.05, 4.69) is 5.32 Å². The Morgan fingerprint density at radius 2 is 2.08 bits per heavy atom. The van der Waals surface area contributed by atoms with Crippen LogP contribution in [0.3, 0.4) is 0 Å². The Hall–Kier alpha value is -2.32. The monoisotopic (exact) mass is 518 g/mol. The van der Waals surface area contributed by atoms with Gasteiger partial charge in [-0.3, -0.25) is 14.5 Å². The maximum Gasteiger partial charge on any atom is 0.231 e. The number of nitrogens with one attached hydrogen (secondary N) is 1. The summed E-state index contributed by atoms with van der Waals surface area (Å²) in [6, 6.07) is 5.08. The number of nitrogens with two attached hydrogens (primary N) is 1. The molecular weight excluding hydrogens is 480 g/mol. The van der Waals surface area contributed by atoms with Gasteiger partial charge < -0.3 is 20.5 Å². The van der Waals surface area contributed by atoms with Crippen molar-refractivity contribution in [3.63, 3.8) is 0 Å². The highest BCUT2D eigenvalue weighted by molar-refractivity contribution is 6.31. The molecule has 0 saturated heterocycles. The van der Waals surface area contributed by atoms with Crippen LogP contribution in [0.1, 0.15) is 77.8 Å². The van der Waals surface area contributed by atoms with E-state index in [0.29, 0.717) is 43.1 Å². The molecule has 8 nitrogen and oxygen atoms in total. The van der Waals surface area contributed by atoms with E-state index >= 15 is 0 Å². The van der Waals surface area contributed by atoms with Crippen LogP contribution < -0.4 is 15.8 Å². The second kappa shape index (κ2) is 10.2. The van der Waals surface area contributed by atoms with Gasteiger partial charge in [-0.15, -0.1) is 0 Å². The zero-order valence-electron chi connectivity index (χ0n) is 22.0. The molecule has 2 aliphatic heterocycles. The van der Waals surface area contributed by atoms with Crippen molar-refractivity contribution in [2.45, 2.75) is 89.4 Å². The SMILES string of the molecule is CCC1(CC)CC(=O)N([C@H](CCOC)C2CC2C(=O)NC2CC(C)(C)Oc3cccc(Cl)c32)C(N)=N1. The molecule has 1 fully saturated rings. The van der Waals surface area contributed by atoms with Crippen molar-refractivity contribution >= 4 is 29.4 Å². The molecule has 1 saturated carbocycles. The van der Waals surface area contributed by atoms with Crippen molar-refractivity contribution in [1.29, 1.82) is 0 Å². The van der Waals surface area contributed by atoms with Crippen LogP contribution >= 0.6 is 11.6 Å². The lowest BCUT2D eigenvalue weighted by atomic mass is 9.87. The Balaban J connectivity index is 1.52. The molecular formula is C27H39ClN4O4. The summed E-state index contributed by atoms with van der Waals surface area (Å²) < 4.78 is 11.4. The van der Waals surface area contributed by atoms with E-state index in [0.717, 1.165) is 18.4 Å². The number of hydrogen-bond donors (Lipinski definition) is 2. The molecule has 0 bridgehead atoms. The van der Waals surface area contributed by atoms with Gasteiger partial charge in [0.1, 0.15) is 11.4 Å². The Bertz CT molecular complexity index is 1040. The summed E-state index contributed by atoms with van der Waals surface area (Å²) in [7, 11) is 1.64. The van der Waals surface area contributed by atoms with Gasteiger partial charge in [0, 0.05) is 42.7 Å². The summed E-state index contributed by atoms with van der Waals surface area (Å²) >= 11 is 6.51. The van der Waals surface area contributed by atoms with Crippen molar-refractivity contribution in [1.82, 2.24) is 10.2 Å². The van der Waals surface area contributed by atoms with E-state index in [4.69, 9.17) is 31.8 Å². The van der Waals surface area contributed by atoms with Crippen molar-refractivity contribution < 1.29 is 19.1 Å². The summed E-state index contributed by atoms with van der Waals surface area (Å²) in [6.45, 7) is 8.56. The summed E-state index contributed by atoms with van der Waals surface area (Å²) in [5.41, 5.74) is 6.33. The van der Waals surface area contributed by atoms with Gasteiger partial charge in [0.15, 0.2) is 5.96 Å². The first-order chi connectivity index (χ1) is 17.0. The number of rotatable bonds is 9. The molecule has 0 spiro atoms. The van der Waals surface area contributed by atoms with Crippen molar-refractivity contribution in [2.24, 2.45) is 22.6 Å². The number of methoxy groups -OCH3 is 1. The topological polar surface area (TPSA) is 106 Å². The van der Waals surface area contributed by atoms with E-state index in [9.17, 15) is 9.59 Å². The lowest BCUT2D eigenvalue weighted by Crippen LogP contribution is -2.56. The number of hydrogen-bond acceptors (Lipinski definition) is 6. The maximum absolute atomic E-state index is 13.4.